The summed E-state index contributed by atoms with van der Waals surface area (Å²) in [6.45, 7) is 4.72. The molecule has 0 aromatic heterocycles. The first-order valence-corrected chi connectivity index (χ1v) is 5.98. The number of para-hydroxylation sites is 1. The Hall–Kier alpha value is -1.18. The third-order valence-corrected chi connectivity index (χ3v) is 3.49. The molecule has 1 unspecified atom stereocenters. The Morgan fingerprint density at radius 3 is 2.87 bits per heavy atom. The summed E-state index contributed by atoms with van der Waals surface area (Å²) in [6.07, 6.45) is 3.87. The fourth-order valence-corrected chi connectivity index (χ4v) is 2.77. The molecule has 15 heavy (non-hydrogen) atoms. The Morgan fingerprint density at radius 2 is 2.07 bits per heavy atom. The molecule has 2 heteroatoms. The van der Waals surface area contributed by atoms with Gasteiger partial charge < -0.3 is 10.2 Å². The summed E-state index contributed by atoms with van der Waals surface area (Å²) in [5.41, 5.74) is 4.31. The summed E-state index contributed by atoms with van der Waals surface area (Å²) in [7, 11) is 0. The lowest BCUT2D eigenvalue weighted by molar-refractivity contribution is 0.839. The maximum Gasteiger partial charge on any atom is 0.0613 e. The van der Waals surface area contributed by atoms with Gasteiger partial charge in [0.15, 0.2) is 0 Å². The van der Waals surface area contributed by atoms with Gasteiger partial charge in [-0.05, 0) is 37.8 Å². The maximum absolute atomic E-state index is 3.60. The second-order valence-electron chi connectivity index (χ2n) is 4.75. The SMILES string of the molecule is CC1Cc2cccc(N3CCCC3)c2N1. The van der Waals surface area contributed by atoms with Gasteiger partial charge in [0.05, 0.1) is 11.4 Å². The van der Waals surface area contributed by atoms with Gasteiger partial charge in [-0.2, -0.15) is 0 Å². The molecule has 0 bridgehead atoms. The van der Waals surface area contributed by atoms with Crippen LogP contribution in [0, 0.1) is 0 Å². The highest BCUT2D eigenvalue weighted by Crippen LogP contribution is 2.36. The third-order valence-electron chi connectivity index (χ3n) is 3.49. The van der Waals surface area contributed by atoms with Crippen LogP contribution in [0.15, 0.2) is 18.2 Å². The van der Waals surface area contributed by atoms with Gasteiger partial charge in [0.25, 0.3) is 0 Å². The minimum Gasteiger partial charge on any atom is -0.380 e. The van der Waals surface area contributed by atoms with Gasteiger partial charge in [0.1, 0.15) is 0 Å². The van der Waals surface area contributed by atoms with E-state index in [1.54, 1.807) is 0 Å². The average molecular weight is 202 g/mol. The van der Waals surface area contributed by atoms with Crippen molar-refractivity contribution in [1.82, 2.24) is 0 Å². The molecule has 1 saturated heterocycles. The molecule has 80 valence electrons. The molecule has 1 N–H and O–H groups in total. The summed E-state index contributed by atoms with van der Waals surface area (Å²) < 4.78 is 0. The van der Waals surface area contributed by atoms with Crippen LogP contribution in [0.3, 0.4) is 0 Å². The van der Waals surface area contributed by atoms with Crippen LogP contribution in [0.5, 0.6) is 0 Å². The monoisotopic (exact) mass is 202 g/mol. The first-order chi connectivity index (χ1) is 7.34. The van der Waals surface area contributed by atoms with Crippen LogP contribution >= 0.6 is 0 Å². The fourth-order valence-electron chi connectivity index (χ4n) is 2.77. The van der Waals surface area contributed by atoms with Crippen LogP contribution < -0.4 is 10.2 Å². The Balaban J connectivity index is 1.98. The molecule has 0 amide bonds. The lowest BCUT2D eigenvalue weighted by Gasteiger charge is -2.21. The molecule has 2 heterocycles. The first-order valence-electron chi connectivity index (χ1n) is 5.98. The maximum atomic E-state index is 3.60. The standard InChI is InChI=1S/C13H18N2/c1-10-9-11-5-4-6-12(13(11)14-10)15-7-2-3-8-15/h4-6,10,14H,2-3,7-9H2,1H3. The molecule has 1 atom stereocenters. The van der Waals surface area contributed by atoms with Crippen LogP contribution in [-0.2, 0) is 6.42 Å². The summed E-state index contributed by atoms with van der Waals surface area (Å²) in [6, 6.07) is 7.32. The average Bonchev–Trinajstić information content (AvgIpc) is 2.82. The first kappa shape index (κ1) is 9.08. The Kier molecular flexibility index (Phi) is 2.08. The van der Waals surface area contributed by atoms with Crippen molar-refractivity contribution in [1.29, 1.82) is 0 Å². The molecule has 1 aromatic rings. The topological polar surface area (TPSA) is 15.3 Å². The Bertz CT molecular complexity index is 367. The molecule has 2 aliphatic rings. The zero-order chi connectivity index (χ0) is 10.3. The van der Waals surface area contributed by atoms with E-state index in [0.717, 1.165) is 0 Å². The summed E-state index contributed by atoms with van der Waals surface area (Å²) in [5, 5.41) is 3.60. The number of benzene rings is 1. The van der Waals surface area contributed by atoms with Crippen molar-refractivity contribution in [3.05, 3.63) is 23.8 Å². The number of fused-ring (bicyclic) bond motifs is 1. The highest BCUT2D eigenvalue weighted by atomic mass is 15.2. The molecule has 0 saturated carbocycles. The molecule has 2 aliphatic heterocycles. The Morgan fingerprint density at radius 1 is 1.27 bits per heavy atom. The molecular formula is C13H18N2. The molecule has 3 rings (SSSR count). The van der Waals surface area contributed by atoms with Crippen LogP contribution in [0.4, 0.5) is 11.4 Å². The molecule has 2 nitrogen and oxygen atoms in total. The van der Waals surface area contributed by atoms with Crippen LogP contribution in [0.25, 0.3) is 0 Å². The molecule has 0 spiro atoms. The van der Waals surface area contributed by atoms with Gasteiger partial charge in [0.2, 0.25) is 0 Å². The highest BCUT2D eigenvalue weighted by molar-refractivity contribution is 5.76. The van der Waals surface area contributed by atoms with Gasteiger partial charge in [0, 0.05) is 19.1 Å². The fraction of sp³-hybridized carbons (Fsp3) is 0.538. The number of hydrogen-bond donors (Lipinski definition) is 1. The van der Waals surface area contributed by atoms with Crippen molar-refractivity contribution in [3.63, 3.8) is 0 Å². The minimum absolute atomic E-state index is 0.601. The van der Waals surface area contributed by atoms with Gasteiger partial charge >= 0.3 is 0 Å². The second-order valence-corrected chi connectivity index (χ2v) is 4.75. The summed E-state index contributed by atoms with van der Waals surface area (Å²) in [4.78, 5) is 2.52. The van der Waals surface area contributed by atoms with Gasteiger partial charge in [-0.15, -0.1) is 0 Å². The zero-order valence-electron chi connectivity index (χ0n) is 9.29. The molecule has 0 aliphatic carbocycles. The highest BCUT2D eigenvalue weighted by Gasteiger charge is 2.23. The summed E-state index contributed by atoms with van der Waals surface area (Å²) >= 11 is 0. The smallest absolute Gasteiger partial charge is 0.0613 e. The Labute approximate surface area is 91.3 Å². The van der Waals surface area contributed by atoms with E-state index in [-0.39, 0.29) is 0 Å². The van der Waals surface area contributed by atoms with Crippen LogP contribution in [0.2, 0.25) is 0 Å². The van der Waals surface area contributed by atoms with E-state index in [1.165, 1.54) is 49.3 Å². The van der Waals surface area contributed by atoms with Crippen LogP contribution in [-0.4, -0.2) is 19.1 Å². The number of rotatable bonds is 1. The predicted molar refractivity (Wildman–Crippen MR) is 64.7 cm³/mol. The number of nitrogens with one attached hydrogen (secondary N) is 1. The number of anilines is 2. The molecule has 0 radical (unpaired) electrons. The van der Waals surface area contributed by atoms with Crippen molar-refractivity contribution in [2.75, 3.05) is 23.3 Å². The lowest BCUT2D eigenvalue weighted by Crippen LogP contribution is -2.19. The van der Waals surface area contributed by atoms with Crippen LogP contribution in [0.1, 0.15) is 25.3 Å². The van der Waals surface area contributed by atoms with Crippen molar-refractivity contribution < 1.29 is 0 Å². The number of hydrogen-bond acceptors (Lipinski definition) is 2. The quantitative estimate of drug-likeness (QED) is 0.753. The summed E-state index contributed by atoms with van der Waals surface area (Å²) in [5.74, 6) is 0. The van der Waals surface area contributed by atoms with E-state index >= 15 is 0 Å². The predicted octanol–water partition coefficient (Wildman–Crippen LogP) is 2.64. The van der Waals surface area contributed by atoms with Gasteiger partial charge in [-0.3, -0.25) is 0 Å². The van der Waals surface area contributed by atoms with Crippen molar-refractivity contribution in [2.45, 2.75) is 32.2 Å². The van der Waals surface area contributed by atoms with Crippen molar-refractivity contribution in [2.24, 2.45) is 0 Å². The zero-order valence-corrected chi connectivity index (χ0v) is 9.29. The van der Waals surface area contributed by atoms with E-state index in [4.69, 9.17) is 0 Å². The second kappa shape index (κ2) is 3.44. The minimum atomic E-state index is 0.601. The van der Waals surface area contributed by atoms with E-state index in [0.29, 0.717) is 6.04 Å². The largest absolute Gasteiger partial charge is 0.380 e. The van der Waals surface area contributed by atoms with E-state index in [1.807, 2.05) is 0 Å². The van der Waals surface area contributed by atoms with E-state index < -0.39 is 0 Å². The van der Waals surface area contributed by atoms with Crippen molar-refractivity contribution >= 4 is 11.4 Å². The van der Waals surface area contributed by atoms with E-state index in [2.05, 4.69) is 35.3 Å². The molecule has 1 fully saturated rings. The molecular weight excluding hydrogens is 184 g/mol. The normalized spacial score (nSPS) is 24.1. The van der Waals surface area contributed by atoms with Gasteiger partial charge in [-0.1, -0.05) is 12.1 Å². The molecule has 1 aromatic carbocycles. The van der Waals surface area contributed by atoms with Crippen molar-refractivity contribution in [3.8, 4) is 0 Å². The van der Waals surface area contributed by atoms with Gasteiger partial charge in [-0.25, -0.2) is 0 Å². The van der Waals surface area contributed by atoms with E-state index in [9.17, 15) is 0 Å². The number of nitrogens with zero attached hydrogens (tertiary/aromatic N) is 1. The lowest BCUT2D eigenvalue weighted by atomic mass is 10.1. The third kappa shape index (κ3) is 1.48.